The van der Waals surface area contributed by atoms with E-state index in [0.29, 0.717) is 33.5 Å². The predicted molar refractivity (Wildman–Crippen MR) is 114 cm³/mol. The lowest BCUT2D eigenvalue weighted by Crippen LogP contribution is -2.44. The highest BCUT2D eigenvalue weighted by Crippen LogP contribution is 2.38. The van der Waals surface area contributed by atoms with Crippen LogP contribution in [0.2, 0.25) is 0 Å². The molecule has 30 heavy (non-hydrogen) atoms. The maximum Gasteiger partial charge on any atom is 0.259 e. The van der Waals surface area contributed by atoms with Crippen LogP contribution in [0.3, 0.4) is 0 Å². The third-order valence-corrected chi connectivity index (χ3v) is 6.43. The monoisotopic (exact) mass is 430 g/mol. The van der Waals surface area contributed by atoms with Gasteiger partial charge < -0.3 is 14.7 Å². The number of nitrogens with zero attached hydrogens (tertiary/aromatic N) is 3. The lowest BCUT2D eigenvalue weighted by Gasteiger charge is -2.39. The van der Waals surface area contributed by atoms with Crippen LogP contribution in [-0.2, 0) is 0 Å². The van der Waals surface area contributed by atoms with Gasteiger partial charge in [-0.25, -0.2) is 9.37 Å². The van der Waals surface area contributed by atoms with Crippen molar-refractivity contribution in [3.63, 3.8) is 0 Å². The number of nitrogens with one attached hydrogen (secondary N) is 1. The molecule has 0 radical (unpaired) electrons. The molecule has 158 valence electrons. The normalized spacial score (nSPS) is 18.0. The Labute approximate surface area is 180 Å². The fourth-order valence-corrected chi connectivity index (χ4v) is 4.61. The molecule has 2 fully saturated rings. The molecule has 2 aliphatic rings. The number of piperidine rings is 1. The van der Waals surface area contributed by atoms with Crippen LogP contribution < -0.4 is 5.32 Å². The van der Waals surface area contributed by atoms with E-state index in [9.17, 15) is 9.18 Å². The summed E-state index contributed by atoms with van der Waals surface area (Å²) >= 11 is 0. The molecule has 5 rings (SSSR count). The number of likely N-dealkylation sites (tertiary alicyclic amines) is 1. The SMILES string of the molecule is Cc1noc2nc(-c3ccc(F)cc3)cc(C(=O)N3CCC4(CCNC4)CC3)c12.Cl. The van der Waals surface area contributed by atoms with E-state index in [1.165, 1.54) is 18.6 Å². The average Bonchev–Trinajstić information content (AvgIpc) is 3.35. The average molecular weight is 431 g/mol. The summed E-state index contributed by atoms with van der Waals surface area (Å²) in [6.07, 6.45) is 3.23. The van der Waals surface area contributed by atoms with Crippen LogP contribution >= 0.6 is 12.4 Å². The van der Waals surface area contributed by atoms with Crippen LogP contribution in [0.4, 0.5) is 4.39 Å². The van der Waals surface area contributed by atoms with Gasteiger partial charge in [0.15, 0.2) is 0 Å². The first-order chi connectivity index (χ1) is 14.0. The Balaban J connectivity index is 0.00000218. The molecule has 2 aromatic heterocycles. The zero-order chi connectivity index (χ0) is 20.0. The number of amides is 1. The fourth-order valence-electron chi connectivity index (χ4n) is 4.61. The zero-order valence-corrected chi connectivity index (χ0v) is 17.6. The number of rotatable bonds is 2. The molecule has 0 atom stereocenters. The molecule has 4 heterocycles. The highest BCUT2D eigenvalue weighted by molar-refractivity contribution is 6.07. The highest BCUT2D eigenvalue weighted by Gasteiger charge is 2.38. The molecule has 1 aromatic carbocycles. The summed E-state index contributed by atoms with van der Waals surface area (Å²) in [7, 11) is 0. The molecule has 8 heteroatoms. The summed E-state index contributed by atoms with van der Waals surface area (Å²) in [4.78, 5) is 19.9. The van der Waals surface area contributed by atoms with E-state index in [4.69, 9.17) is 4.52 Å². The van der Waals surface area contributed by atoms with Gasteiger partial charge in [0.2, 0.25) is 0 Å². The Morgan fingerprint density at radius 1 is 1.20 bits per heavy atom. The maximum absolute atomic E-state index is 13.5. The minimum absolute atomic E-state index is 0. The predicted octanol–water partition coefficient (Wildman–Crippen LogP) is 3.97. The van der Waals surface area contributed by atoms with Crippen molar-refractivity contribution in [1.29, 1.82) is 0 Å². The van der Waals surface area contributed by atoms with E-state index in [2.05, 4.69) is 15.5 Å². The van der Waals surface area contributed by atoms with Crippen molar-refractivity contribution in [3.8, 4) is 11.3 Å². The van der Waals surface area contributed by atoms with Crippen molar-refractivity contribution in [2.75, 3.05) is 26.2 Å². The van der Waals surface area contributed by atoms with Gasteiger partial charge in [-0.15, -0.1) is 12.4 Å². The standard InChI is InChI=1S/C22H23FN4O2.ClH/c1-14-19-17(21(28)27-10-7-22(8-11-27)6-9-24-13-22)12-18(25-20(19)29-26-14)15-2-4-16(23)5-3-15;/h2-5,12,24H,6-11,13H2,1H3;1H. The number of aryl methyl sites for hydroxylation is 1. The molecule has 2 aliphatic heterocycles. The molecular weight excluding hydrogens is 407 g/mol. The molecule has 6 nitrogen and oxygen atoms in total. The Morgan fingerprint density at radius 2 is 1.93 bits per heavy atom. The molecule has 0 bridgehead atoms. The highest BCUT2D eigenvalue weighted by atomic mass is 35.5. The van der Waals surface area contributed by atoms with E-state index in [0.717, 1.165) is 44.6 Å². The number of hydrogen-bond donors (Lipinski definition) is 1. The first-order valence-electron chi connectivity index (χ1n) is 10.1. The number of aromatic nitrogens is 2. The summed E-state index contributed by atoms with van der Waals surface area (Å²) < 4.78 is 18.7. The van der Waals surface area contributed by atoms with Crippen LogP contribution in [0.25, 0.3) is 22.4 Å². The number of hydrogen-bond acceptors (Lipinski definition) is 5. The molecule has 0 saturated carbocycles. The van der Waals surface area contributed by atoms with E-state index < -0.39 is 0 Å². The lowest BCUT2D eigenvalue weighted by atomic mass is 9.77. The largest absolute Gasteiger partial charge is 0.339 e. The molecule has 1 spiro atoms. The van der Waals surface area contributed by atoms with Crippen molar-refractivity contribution < 1.29 is 13.7 Å². The Morgan fingerprint density at radius 3 is 2.60 bits per heavy atom. The number of halogens is 2. The molecule has 1 N–H and O–H groups in total. The molecule has 0 aliphatic carbocycles. The summed E-state index contributed by atoms with van der Waals surface area (Å²) in [6.45, 7) is 5.44. The van der Waals surface area contributed by atoms with Gasteiger partial charge in [0.25, 0.3) is 11.6 Å². The van der Waals surface area contributed by atoms with Gasteiger partial charge in [-0.3, -0.25) is 4.79 Å². The van der Waals surface area contributed by atoms with E-state index in [-0.39, 0.29) is 24.1 Å². The van der Waals surface area contributed by atoms with Crippen LogP contribution in [0.1, 0.15) is 35.3 Å². The first kappa shape index (κ1) is 20.8. The van der Waals surface area contributed by atoms with Crippen LogP contribution in [0.15, 0.2) is 34.9 Å². The van der Waals surface area contributed by atoms with Crippen molar-refractivity contribution in [2.24, 2.45) is 5.41 Å². The van der Waals surface area contributed by atoms with E-state index in [1.54, 1.807) is 18.2 Å². The summed E-state index contributed by atoms with van der Waals surface area (Å²) in [5, 5.41) is 8.13. The summed E-state index contributed by atoms with van der Waals surface area (Å²) in [5.41, 5.74) is 3.18. The number of carbonyl (C=O) groups is 1. The number of carbonyl (C=O) groups excluding carboxylic acids is 1. The van der Waals surface area contributed by atoms with E-state index in [1.807, 2.05) is 11.8 Å². The van der Waals surface area contributed by atoms with Crippen molar-refractivity contribution in [2.45, 2.75) is 26.2 Å². The second-order valence-electron chi connectivity index (χ2n) is 8.23. The third-order valence-electron chi connectivity index (χ3n) is 6.43. The zero-order valence-electron chi connectivity index (χ0n) is 16.8. The molecular formula is C22H24ClFN4O2. The van der Waals surface area contributed by atoms with Gasteiger partial charge in [0.05, 0.1) is 22.3 Å². The van der Waals surface area contributed by atoms with Crippen molar-refractivity contribution in [1.82, 2.24) is 20.4 Å². The number of pyridine rings is 1. The second kappa shape index (κ2) is 7.96. The van der Waals surface area contributed by atoms with Crippen LogP contribution in [0.5, 0.6) is 0 Å². The van der Waals surface area contributed by atoms with Crippen molar-refractivity contribution in [3.05, 3.63) is 47.4 Å². The Bertz CT molecular complexity index is 1070. The topological polar surface area (TPSA) is 71.3 Å². The summed E-state index contributed by atoms with van der Waals surface area (Å²) in [5.74, 6) is -0.335. The smallest absolute Gasteiger partial charge is 0.259 e. The van der Waals surface area contributed by atoms with E-state index >= 15 is 0 Å². The van der Waals surface area contributed by atoms with Gasteiger partial charge in [0.1, 0.15) is 5.82 Å². The third kappa shape index (κ3) is 3.56. The first-order valence-corrected chi connectivity index (χ1v) is 10.1. The number of fused-ring (bicyclic) bond motifs is 1. The molecule has 3 aromatic rings. The molecule has 2 saturated heterocycles. The minimum atomic E-state index is -0.315. The minimum Gasteiger partial charge on any atom is -0.339 e. The van der Waals surface area contributed by atoms with Crippen LogP contribution in [-0.4, -0.2) is 47.1 Å². The second-order valence-corrected chi connectivity index (χ2v) is 8.23. The lowest BCUT2D eigenvalue weighted by molar-refractivity contribution is 0.0609. The Hall–Kier alpha value is -2.51. The quantitative estimate of drug-likeness (QED) is 0.666. The summed E-state index contributed by atoms with van der Waals surface area (Å²) in [6, 6.07) is 7.85. The molecule has 1 amide bonds. The van der Waals surface area contributed by atoms with Gasteiger partial charge >= 0.3 is 0 Å². The number of benzene rings is 1. The van der Waals surface area contributed by atoms with Gasteiger partial charge in [-0.2, -0.15) is 0 Å². The van der Waals surface area contributed by atoms with Crippen LogP contribution in [0, 0.1) is 18.2 Å². The van der Waals surface area contributed by atoms with Gasteiger partial charge in [-0.05, 0) is 68.5 Å². The maximum atomic E-state index is 13.5. The Kier molecular flexibility index (Phi) is 5.51. The van der Waals surface area contributed by atoms with Gasteiger partial charge in [-0.1, -0.05) is 5.16 Å². The van der Waals surface area contributed by atoms with Gasteiger partial charge in [0, 0.05) is 25.2 Å². The fraction of sp³-hybridized carbons (Fsp3) is 0.409. The van der Waals surface area contributed by atoms with Crippen molar-refractivity contribution >= 4 is 29.4 Å². The molecule has 0 unspecified atom stereocenters.